The summed E-state index contributed by atoms with van der Waals surface area (Å²) < 4.78 is 7.70. The first-order valence-corrected chi connectivity index (χ1v) is 10.3. The largest absolute Gasteiger partial charge is 0.443 e. The van der Waals surface area contributed by atoms with Crippen LogP contribution in [0.3, 0.4) is 0 Å². The second kappa shape index (κ2) is 8.03. The van der Waals surface area contributed by atoms with Crippen molar-refractivity contribution in [1.29, 1.82) is 0 Å². The van der Waals surface area contributed by atoms with E-state index in [2.05, 4.69) is 23.9 Å². The molecule has 1 saturated heterocycles. The predicted octanol–water partition coefficient (Wildman–Crippen LogP) is 4.75. The summed E-state index contributed by atoms with van der Waals surface area (Å²) in [6.07, 6.45) is 4.08. The van der Waals surface area contributed by atoms with Crippen molar-refractivity contribution >= 4 is 17.5 Å². The molecule has 1 unspecified atom stereocenters. The molecule has 0 spiro atoms. The van der Waals surface area contributed by atoms with Gasteiger partial charge < -0.3 is 9.32 Å². The Hall–Kier alpha value is -2.60. The summed E-state index contributed by atoms with van der Waals surface area (Å²) in [5.41, 5.74) is 2.51. The molecule has 0 bridgehead atoms. The molecule has 2 aromatic heterocycles. The van der Waals surface area contributed by atoms with Gasteiger partial charge in [-0.1, -0.05) is 43.6 Å². The number of likely N-dealkylation sites (tertiary alicyclic amines) is 1. The Morgan fingerprint density at radius 1 is 1.34 bits per heavy atom. The van der Waals surface area contributed by atoms with Crippen molar-refractivity contribution < 1.29 is 9.21 Å². The molecule has 1 amide bonds. The first-order valence-electron chi connectivity index (χ1n) is 9.97. The van der Waals surface area contributed by atoms with Crippen molar-refractivity contribution in [3.63, 3.8) is 0 Å². The van der Waals surface area contributed by atoms with Crippen LogP contribution < -0.4 is 0 Å². The summed E-state index contributed by atoms with van der Waals surface area (Å²) in [6, 6.07) is 9.44. The Kier molecular flexibility index (Phi) is 5.46. The van der Waals surface area contributed by atoms with E-state index in [1.54, 1.807) is 10.9 Å². The lowest BCUT2D eigenvalue weighted by atomic mass is 10.1. The molecule has 0 saturated carbocycles. The number of nitrogens with zero attached hydrogens (tertiary/aromatic N) is 4. The molecule has 7 heteroatoms. The van der Waals surface area contributed by atoms with Crippen LogP contribution in [0.2, 0.25) is 5.02 Å². The lowest BCUT2D eigenvalue weighted by Crippen LogP contribution is -2.32. The minimum Gasteiger partial charge on any atom is -0.443 e. The smallest absolute Gasteiger partial charge is 0.272 e. The third-order valence-electron chi connectivity index (χ3n) is 5.40. The van der Waals surface area contributed by atoms with Gasteiger partial charge in [0.15, 0.2) is 0 Å². The van der Waals surface area contributed by atoms with E-state index in [0.29, 0.717) is 29.6 Å². The molecule has 152 valence electrons. The summed E-state index contributed by atoms with van der Waals surface area (Å²) in [6.45, 7) is 4.83. The quantitative estimate of drug-likeness (QED) is 0.606. The van der Waals surface area contributed by atoms with Gasteiger partial charge in [0.25, 0.3) is 5.91 Å². The number of carbonyl (C=O) groups excluding carboxylic acids is 1. The number of rotatable bonds is 5. The predicted molar refractivity (Wildman–Crippen MR) is 111 cm³/mol. The number of aryl methyl sites for hydroxylation is 1. The molecule has 4 rings (SSSR count). The number of carbonyl (C=O) groups is 1. The fourth-order valence-electron chi connectivity index (χ4n) is 3.77. The first kappa shape index (κ1) is 19.7. The van der Waals surface area contributed by atoms with E-state index in [9.17, 15) is 4.79 Å². The Morgan fingerprint density at radius 2 is 2.14 bits per heavy atom. The maximum absolute atomic E-state index is 13.2. The topological polar surface area (TPSA) is 64.2 Å². The van der Waals surface area contributed by atoms with Crippen LogP contribution in [0, 0.1) is 0 Å². The maximum Gasteiger partial charge on any atom is 0.272 e. The van der Waals surface area contributed by atoms with Crippen LogP contribution in [0.15, 0.2) is 40.9 Å². The van der Waals surface area contributed by atoms with Crippen LogP contribution in [0.5, 0.6) is 0 Å². The van der Waals surface area contributed by atoms with Gasteiger partial charge in [-0.05, 0) is 36.5 Å². The Morgan fingerprint density at radius 3 is 2.86 bits per heavy atom. The highest BCUT2D eigenvalue weighted by molar-refractivity contribution is 6.31. The average molecular weight is 413 g/mol. The molecule has 29 heavy (non-hydrogen) atoms. The summed E-state index contributed by atoms with van der Waals surface area (Å²) in [7, 11) is 1.82. The zero-order valence-corrected chi connectivity index (χ0v) is 17.7. The fourth-order valence-corrected chi connectivity index (χ4v) is 3.98. The molecule has 1 atom stereocenters. The van der Waals surface area contributed by atoms with Crippen LogP contribution in [0.1, 0.15) is 72.0 Å². The molecule has 6 nitrogen and oxygen atoms in total. The number of hydrogen-bond acceptors (Lipinski definition) is 4. The van der Waals surface area contributed by atoms with E-state index in [-0.39, 0.29) is 17.9 Å². The van der Waals surface area contributed by atoms with E-state index in [1.807, 2.05) is 42.3 Å². The third kappa shape index (κ3) is 3.94. The molecule has 3 heterocycles. The molecule has 1 aromatic carbocycles. The molecule has 0 aliphatic carbocycles. The maximum atomic E-state index is 13.2. The molecule has 1 fully saturated rings. The second-order valence-corrected chi connectivity index (χ2v) is 8.23. The normalized spacial score (nSPS) is 16.7. The Balaban J connectivity index is 1.54. The van der Waals surface area contributed by atoms with Gasteiger partial charge in [0.1, 0.15) is 17.5 Å². The van der Waals surface area contributed by atoms with Crippen LogP contribution >= 0.6 is 11.6 Å². The molecule has 1 aliphatic rings. The van der Waals surface area contributed by atoms with Gasteiger partial charge in [-0.15, -0.1) is 0 Å². The number of hydrogen-bond donors (Lipinski definition) is 0. The van der Waals surface area contributed by atoms with Gasteiger partial charge in [-0.2, -0.15) is 5.10 Å². The highest BCUT2D eigenvalue weighted by Gasteiger charge is 2.35. The van der Waals surface area contributed by atoms with Crippen molar-refractivity contribution in [3.8, 4) is 0 Å². The van der Waals surface area contributed by atoms with Crippen LogP contribution in [0.25, 0.3) is 0 Å². The monoisotopic (exact) mass is 412 g/mol. The third-order valence-corrected chi connectivity index (χ3v) is 5.77. The lowest BCUT2D eigenvalue weighted by molar-refractivity contribution is 0.0703. The van der Waals surface area contributed by atoms with Crippen molar-refractivity contribution in [2.24, 2.45) is 7.05 Å². The second-order valence-electron chi connectivity index (χ2n) is 7.82. The van der Waals surface area contributed by atoms with E-state index < -0.39 is 0 Å². The Bertz CT molecular complexity index is 1020. The van der Waals surface area contributed by atoms with Crippen molar-refractivity contribution in [1.82, 2.24) is 19.7 Å². The molecule has 0 N–H and O–H groups in total. The van der Waals surface area contributed by atoms with Gasteiger partial charge in [0.2, 0.25) is 5.89 Å². The SMILES string of the molecule is CC(C)c1cc(C(=O)N2CCCC2c2ncc(Cc3ccccc3Cl)o2)n(C)n1. The van der Waals surface area contributed by atoms with Gasteiger partial charge in [0, 0.05) is 25.0 Å². The molecular weight excluding hydrogens is 388 g/mol. The number of aromatic nitrogens is 3. The van der Waals surface area contributed by atoms with Crippen molar-refractivity contribution in [2.75, 3.05) is 6.54 Å². The highest BCUT2D eigenvalue weighted by Crippen LogP contribution is 2.33. The minimum atomic E-state index is -0.153. The standard InChI is InChI=1S/C22H25ClN4O2/c1-14(2)18-12-20(26(3)25-18)22(28)27-10-6-9-19(27)21-24-13-16(29-21)11-15-7-4-5-8-17(15)23/h4-5,7-8,12-14,19H,6,9-11H2,1-3H3. The number of amides is 1. The number of halogens is 1. The van der Waals surface area contributed by atoms with Crippen molar-refractivity contribution in [2.45, 2.75) is 45.1 Å². The van der Waals surface area contributed by atoms with E-state index >= 15 is 0 Å². The highest BCUT2D eigenvalue weighted by atomic mass is 35.5. The summed E-state index contributed by atoms with van der Waals surface area (Å²) in [5.74, 6) is 1.58. The molecular formula is C22H25ClN4O2. The zero-order valence-electron chi connectivity index (χ0n) is 16.9. The van der Waals surface area contributed by atoms with Crippen LogP contribution in [-0.2, 0) is 13.5 Å². The van der Waals surface area contributed by atoms with Crippen LogP contribution in [-0.4, -0.2) is 32.1 Å². The van der Waals surface area contributed by atoms with Gasteiger partial charge in [-0.25, -0.2) is 4.98 Å². The van der Waals surface area contributed by atoms with Gasteiger partial charge >= 0.3 is 0 Å². The van der Waals surface area contributed by atoms with E-state index in [1.165, 1.54) is 0 Å². The van der Waals surface area contributed by atoms with Gasteiger partial charge in [-0.3, -0.25) is 9.48 Å². The van der Waals surface area contributed by atoms with Gasteiger partial charge in [0.05, 0.1) is 11.9 Å². The summed E-state index contributed by atoms with van der Waals surface area (Å²) in [4.78, 5) is 19.5. The van der Waals surface area contributed by atoms with E-state index in [0.717, 1.165) is 29.9 Å². The molecule has 0 radical (unpaired) electrons. The summed E-state index contributed by atoms with van der Waals surface area (Å²) in [5, 5.41) is 5.19. The first-order chi connectivity index (χ1) is 13.9. The van der Waals surface area contributed by atoms with E-state index in [4.69, 9.17) is 16.0 Å². The molecule has 3 aromatic rings. The fraction of sp³-hybridized carbons (Fsp3) is 0.409. The number of benzene rings is 1. The van der Waals surface area contributed by atoms with Crippen molar-refractivity contribution in [3.05, 3.63) is 70.2 Å². The summed E-state index contributed by atoms with van der Waals surface area (Å²) >= 11 is 6.26. The Labute approximate surface area is 175 Å². The lowest BCUT2D eigenvalue weighted by Gasteiger charge is -2.22. The zero-order chi connectivity index (χ0) is 20.5. The minimum absolute atomic E-state index is 0.0275. The number of oxazole rings is 1. The molecule has 1 aliphatic heterocycles. The average Bonchev–Trinajstić information content (AvgIpc) is 3.42. The van der Waals surface area contributed by atoms with Crippen LogP contribution in [0.4, 0.5) is 0 Å².